The second-order valence-electron chi connectivity index (χ2n) is 5.10. The molecule has 1 aliphatic heterocycles. The molecule has 1 aromatic rings. The summed E-state index contributed by atoms with van der Waals surface area (Å²) in [5, 5.41) is 3.30. The first kappa shape index (κ1) is 15.9. The van der Waals surface area contributed by atoms with Gasteiger partial charge in [0, 0.05) is 37.6 Å². The summed E-state index contributed by atoms with van der Waals surface area (Å²) < 4.78 is 27.1. The van der Waals surface area contributed by atoms with Gasteiger partial charge in [-0.3, -0.25) is 0 Å². The second-order valence-corrected chi connectivity index (χ2v) is 8.44. The lowest BCUT2D eigenvalue weighted by molar-refractivity contribution is 0.222. The zero-order valence-electron chi connectivity index (χ0n) is 12.1. The predicted molar refractivity (Wildman–Crippen MR) is 82.6 cm³/mol. The lowest BCUT2D eigenvalue weighted by Crippen LogP contribution is -2.46. The van der Waals surface area contributed by atoms with Crippen LogP contribution in [0.4, 0.5) is 0 Å². The van der Waals surface area contributed by atoms with Crippen molar-refractivity contribution in [2.75, 3.05) is 39.8 Å². The van der Waals surface area contributed by atoms with Crippen LogP contribution in [0.2, 0.25) is 0 Å². The van der Waals surface area contributed by atoms with Crippen molar-refractivity contribution in [1.82, 2.24) is 14.5 Å². The lowest BCUT2D eigenvalue weighted by atomic mass is 10.4. The Balaban J connectivity index is 2.02. The smallest absolute Gasteiger partial charge is 0.252 e. The molecule has 0 spiro atoms. The highest BCUT2D eigenvalue weighted by atomic mass is 32.2. The summed E-state index contributed by atoms with van der Waals surface area (Å²) in [6.45, 7) is 6.59. The van der Waals surface area contributed by atoms with E-state index in [1.807, 2.05) is 13.1 Å². The van der Waals surface area contributed by atoms with Crippen LogP contribution in [0.1, 0.15) is 18.2 Å². The van der Waals surface area contributed by atoms with Gasteiger partial charge in [0.15, 0.2) is 0 Å². The molecule has 0 aromatic carbocycles. The molecule has 0 aliphatic carbocycles. The van der Waals surface area contributed by atoms with Crippen molar-refractivity contribution in [2.45, 2.75) is 24.1 Å². The van der Waals surface area contributed by atoms with Gasteiger partial charge in [-0.05, 0) is 32.1 Å². The van der Waals surface area contributed by atoms with Gasteiger partial charge in [0.2, 0.25) is 0 Å². The van der Waals surface area contributed by atoms with Gasteiger partial charge in [-0.25, -0.2) is 8.42 Å². The number of hydrogen-bond donors (Lipinski definition) is 1. The van der Waals surface area contributed by atoms with Crippen LogP contribution in [0.15, 0.2) is 16.3 Å². The summed E-state index contributed by atoms with van der Waals surface area (Å²) >= 11 is 1.38. The molecule has 2 rings (SSSR count). The average molecular weight is 317 g/mol. The molecule has 0 unspecified atom stereocenters. The molecule has 1 saturated heterocycles. The predicted octanol–water partition coefficient (Wildman–Crippen LogP) is 1.18. The van der Waals surface area contributed by atoms with Crippen LogP contribution in [0.25, 0.3) is 0 Å². The van der Waals surface area contributed by atoms with E-state index in [2.05, 4.69) is 17.1 Å². The molecule has 0 saturated carbocycles. The first-order valence-electron chi connectivity index (χ1n) is 7.02. The summed E-state index contributed by atoms with van der Waals surface area (Å²) in [4.78, 5) is 3.23. The number of hydrogen-bond acceptors (Lipinski definition) is 5. The van der Waals surface area contributed by atoms with Crippen LogP contribution < -0.4 is 5.32 Å². The van der Waals surface area contributed by atoms with Gasteiger partial charge in [-0.1, -0.05) is 6.92 Å². The maximum absolute atomic E-state index is 12.5. The second kappa shape index (κ2) is 7.00. The number of sulfonamides is 1. The molecule has 0 atom stereocenters. The van der Waals surface area contributed by atoms with Gasteiger partial charge < -0.3 is 10.2 Å². The van der Waals surface area contributed by atoms with E-state index in [1.165, 1.54) is 11.3 Å². The lowest BCUT2D eigenvalue weighted by Gasteiger charge is -2.31. The highest BCUT2D eigenvalue weighted by Crippen LogP contribution is 2.25. The van der Waals surface area contributed by atoms with Gasteiger partial charge >= 0.3 is 0 Å². The van der Waals surface area contributed by atoms with E-state index in [1.54, 1.807) is 10.4 Å². The molecular formula is C13H23N3O2S2. The van der Waals surface area contributed by atoms with Gasteiger partial charge in [-0.15, -0.1) is 11.3 Å². The van der Waals surface area contributed by atoms with E-state index in [0.29, 0.717) is 17.3 Å². The van der Waals surface area contributed by atoms with Gasteiger partial charge in [0.25, 0.3) is 10.0 Å². The third-order valence-corrected chi connectivity index (χ3v) is 6.87. The Morgan fingerprint density at radius 2 is 1.95 bits per heavy atom. The Kier molecular flexibility index (Phi) is 5.57. The third-order valence-electron chi connectivity index (χ3n) is 3.42. The largest absolute Gasteiger partial charge is 0.312 e. The Morgan fingerprint density at radius 1 is 1.25 bits per heavy atom. The molecule has 1 aliphatic rings. The zero-order chi connectivity index (χ0) is 14.6. The van der Waals surface area contributed by atoms with Crippen LogP contribution in [0.5, 0.6) is 0 Å². The van der Waals surface area contributed by atoms with E-state index < -0.39 is 10.0 Å². The summed E-state index contributed by atoms with van der Waals surface area (Å²) in [5.41, 5.74) is 0. The van der Waals surface area contributed by atoms with Crippen molar-refractivity contribution in [3.63, 3.8) is 0 Å². The molecule has 0 bridgehead atoms. The number of likely N-dealkylation sites (N-methyl/N-ethyl adjacent to an activating group) is 1. The molecule has 1 fully saturated rings. The van der Waals surface area contributed by atoms with E-state index in [0.717, 1.165) is 37.5 Å². The van der Waals surface area contributed by atoms with Crippen molar-refractivity contribution >= 4 is 21.4 Å². The average Bonchev–Trinajstić information content (AvgIpc) is 2.89. The highest BCUT2D eigenvalue weighted by Gasteiger charge is 2.28. The van der Waals surface area contributed by atoms with Gasteiger partial charge in [0.1, 0.15) is 4.21 Å². The Hall–Kier alpha value is -0.470. The monoisotopic (exact) mass is 317 g/mol. The van der Waals surface area contributed by atoms with Crippen molar-refractivity contribution in [2.24, 2.45) is 0 Å². The van der Waals surface area contributed by atoms with E-state index >= 15 is 0 Å². The molecule has 0 radical (unpaired) electrons. The fourth-order valence-electron chi connectivity index (χ4n) is 2.14. The molecule has 0 amide bonds. The summed E-state index contributed by atoms with van der Waals surface area (Å²) in [6, 6.07) is 3.65. The first-order chi connectivity index (χ1) is 9.54. The molecule has 114 valence electrons. The minimum absolute atomic E-state index is 0.468. The standard InChI is InChI=1S/C13H23N3O2S2/c1-3-6-14-11-12-4-5-13(19-12)20(17,18)16-9-7-15(2)8-10-16/h4-5,14H,3,6-11H2,1-2H3. The maximum Gasteiger partial charge on any atom is 0.252 e. The van der Waals surface area contributed by atoms with Crippen molar-refractivity contribution in [3.8, 4) is 0 Å². The van der Waals surface area contributed by atoms with Crippen LogP contribution >= 0.6 is 11.3 Å². The van der Waals surface area contributed by atoms with Crippen LogP contribution in [-0.2, 0) is 16.6 Å². The molecule has 1 N–H and O–H groups in total. The number of nitrogens with zero attached hydrogens (tertiary/aromatic N) is 2. The fraction of sp³-hybridized carbons (Fsp3) is 0.692. The first-order valence-corrected chi connectivity index (χ1v) is 9.28. The minimum atomic E-state index is -3.30. The molecule has 20 heavy (non-hydrogen) atoms. The van der Waals surface area contributed by atoms with E-state index in [9.17, 15) is 8.42 Å². The van der Waals surface area contributed by atoms with Crippen molar-refractivity contribution < 1.29 is 8.42 Å². The molecule has 2 heterocycles. The molecule has 1 aromatic heterocycles. The highest BCUT2D eigenvalue weighted by molar-refractivity contribution is 7.91. The molecule has 7 heteroatoms. The van der Waals surface area contributed by atoms with Crippen molar-refractivity contribution in [1.29, 1.82) is 0 Å². The van der Waals surface area contributed by atoms with Crippen molar-refractivity contribution in [3.05, 3.63) is 17.0 Å². The van der Waals surface area contributed by atoms with Gasteiger partial charge in [0.05, 0.1) is 0 Å². The van der Waals surface area contributed by atoms with Crippen LogP contribution in [0.3, 0.4) is 0 Å². The van der Waals surface area contributed by atoms with Crippen LogP contribution in [-0.4, -0.2) is 57.4 Å². The Labute approximate surface area is 125 Å². The summed E-state index contributed by atoms with van der Waals surface area (Å²) in [6.07, 6.45) is 1.08. The maximum atomic E-state index is 12.5. The number of piperazine rings is 1. The topological polar surface area (TPSA) is 52.7 Å². The van der Waals surface area contributed by atoms with Crippen LogP contribution in [0, 0.1) is 0 Å². The number of thiophene rings is 1. The van der Waals surface area contributed by atoms with Gasteiger partial charge in [-0.2, -0.15) is 4.31 Å². The zero-order valence-corrected chi connectivity index (χ0v) is 13.8. The fourth-order valence-corrected chi connectivity index (χ4v) is 5.04. The third kappa shape index (κ3) is 3.79. The van der Waals surface area contributed by atoms with E-state index in [-0.39, 0.29) is 0 Å². The SMILES string of the molecule is CCCNCc1ccc(S(=O)(=O)N2CCN(C)CC2)s1. The summed E-state index contributed by atoms with van der Waals surface area (Å²) in [7, 11) is -1.28. The minimum Gasteiger partial charge on any atom is -0.312 e. The molecular weight excluding hydrogens is 294 g/mol. The summed E-state index contributed by atoms with van der Waals surface area (Å²) in [5.74, 6) is 0. The normalized spacial score (nSPS) is 18.5. The molecule has 5 nitrogen and oxygen atoms in total. The number of rotatable bonds is 6. The number of nitrogens with one attached hydrogen (secondary N) is 1. The van der Waals surface area contributed by atoms with E-state index in [4.69, 9.17) is 0 Å². The quantitative estimate of drug-likeness (QED) is 0.801. The Morgan fingerprint density at radius 3 is 2.60 bits per heavy atom. The Bertz CT molecular complexity index is 519.